The van der Waals surface area contributed by atoms with Crippen molar-refractivity contribution in [1.82, 2.24) is 14.7 Å². The Morgan fingerprint density at radius 2 is 1.41 bits per heavy atom. The Morgan fingerprint density at radius 1 is 0.829 bits per heavy atom. The van der Waals surface area contributed by atoms with E-state index in [-0.39, 0.29) is 23.6 Å². The van der Waals surface area contributed by atoms with Gasteiger partial charge in [0.25, 0.3) is 11.8 Å². The van der Waals surface area contributed by atoms with Gasteiger partial charge in [0.2, 0.25) is 0 Å². The zero-order valence-corrected chi connectivity index (χ0v) is 22.9. The van der Waals surface area contributed by atoms with E-state index in [0.717, 1.165) is 29.1 Å². The number of carbonyl (C=O) groups excluding carboxylic acids is 2. The summed E-state index contributed by atoms with van der Waals surface area (Å²) in [7, 11) is 0. The van der Waals surface area contributed by atoms with Crippen LogP contribution in [0.15, 0.2) is 115 Å². The van der Waals surface area contributed by atoms with Crippen LogP contribution in [0.1, 0.15) is 37.7 Å². The van der Waals surface area contributed by atoms with Gasteiger partial charge in [-0.3, -0.25) is 14.5 Å². The van der Waals surface area contributed by atoms with Gasteiger partial charge in [-0.25, -0.2) is 4.68 Å². The lowest BCUT2D eigenvalue weighted by Gasteiger charge is -2.36. The lowest BCUT2D eigenvalue weighted by atomic mass is 9.93. The van der Waals surface area contributed by atoms with E-state index < -0.39 is 0 Å². The highest BCUT2D eigenvalue weighted by Gasteiger charge is 2.31. The molecule has 0 bridgehead atoms. The number of rotatable bonds is 6. The summed E-state index contributed by atoms with van der Waals surface area (Å²) in [5.41, 5.74) is 12.1. The fourth-order valence-electron chi connectivity index (χ4n) is 5.50. The number of hydrogen-bond donors (Lipinski definition) is 1. The third-order valence-electron chi connectivity index (χ3n) is 7.59. The highest BCUT2D eigenvalue weighted by atomic mass is 16.2. The van der Waals surface area contributed by atoms with E-state index in [1.54, 1.807) is 15.6 Å². The molecule has 0 aliphatic carbocycles. The normalized spacial score (nSPS) is 14.4. The van der Waals surface area contributed by atoms with E-state index in [4.69, 9.17) is 10.8 Å². The second-order valence-electron chi connectivity index (χ2n) is 10.2. The predicted molar refractivity (Wildman–Crippen MR) is 161 cm³/mol. The Kier molecular flexibility index (Phi) is 7.18. The van der Waals surface area contributed by atoms with Gasteiger partial charge in [0.1, 0.15) is 0 Å². The smallest absolute Gasteiger partial charge is 0.283 e. The lowest BCUT2D eigenvalue weighted by molar-refractivity contribution is 0.0647. The van der Waals surface area contributed by atoms with Crippen LogP contribution in [0.2, 0.25) is 0 Å². The number of aromatic nitrogens is 2. The average Bonchev–Trinajstić information content (AvgIpc) is 3.42. The van der Waals surface area contributed by atoms with Gasteiger partial charge >= 0.3 is 0 Å². The third kappa shape index (κ3) is 5.03. The van der Waals surface area contributed by atoms with Crippen molar-refractivity contribution in [2.24, 2.45) is 5.73 Å². The van der Waals surface area contributed by atoms with Crippen LogP contribution in [0.25, 0.3) is 5.69 Å². The highest BCUT2D eigenvalue weighted by molar-refractivity contribution is 6.10. The molecule has 6 rings (SSSR count). The summed E-state index contributed by atoms with van der Waals surface area (Å²) < 4.78 is 1.68. The minimum atomic E-state index is -0.260. The van der Waals surface area contributed by atoms with Crippen LogP contribution in [0.5, 0.6) is 0 Å². The number of nitrogens with two attached hydrogens (primary N) is 1. The zero-order valence-electron chi connectivity index (χ0n) is 22.9. The number of carbonyl (C=O) groups is 2. The fourth-order valence-corrected chi connectivity index (χ4v) is 5.50. The second kappa shape index (κ2) is 11.2. The molecular weight excluding hydrogens is 510 g/mol. The van der Waals surface area contributed by atoms with Gasteiger partial charge in [-0.15, -0.1) is 0 Å². The minimum absolute atomic E-state index is 0.105. The van der Waals surface area contributed by atoms with Gasteiger partial charge in [-0.1, -0.05) is 72.8 Å². The monoisotopic (exact) mass is 541 g/mol. The summed E-state index contributed by atoms with van der Waals surface area (Å²) in [5, 5.41) is 4.75. The first-order chi connectivity index (χ1) is 20.0. The number of amides is 2. The molecule has 2 N–H and O–H groups in total. The molecule has 1 aliphatic rings. The van der Waals surface area contributed by atoms with Crippen LogP contribution in [0.3, 0.4) is 0 Å². The molecule has 0 saturated heterocycles. The maximum atomic E-state index is 14.1. The quantitative estimate of drug-likeness (QED) is 0.300. The molecule has 1 atom stereocenters. The predicted octanol–water partition coefficient (Wildman–Crippen LogP) is 5.69. The number of aryl methyl sites for hydroxylation is 1. The van der Waals surface area contributed by atoms with Crippen molar-refractivity contribution in [3.63, 3.8) is 0 Å². The summed E-state index contributed by atoms with van der Waals surface area (Å²) in [4.78, 5) is 31.5. The zero-order chi connectivity index (χ0) is 28.3. The molecule has 0 spiro atoms. The Hall–Kier alpha value is -5.01. The SMILES string of the molecule is Cc1cc(C(=O)N(c2ccccc2)c2ccccc2)nn1-c1ccccc1C(=O)N1Cc2ccccc2C[C@H]1CN. The van der Waals surface area contributed by atoms with Crippen molar-refractivity contribution >= 4 is 23.2 Å². The highest BCUT2D eigenvalue weighted by Crippen LogP contribution is 2.29. The van der Waals surface area contributed by atoms with E-state index in [1.807, 2.05) is 109 Å². The fraction of sp³-hybridized carbons (Fsp3) is 0.147. The molecule has 1 aromatic heterocycles. The summed E-state index contributed by atoms with van der Waals surface area (Å²) >= 11 is 0. The minimum Gasteiger partial charge on any atom is -0.330 e. The molecule has 2 amide bonds. The molecule has 4 aromatic carbocycles. The van der Waals surface area contributed by atoms with Crippen molar-refractivity contribution in [1.29, 1.82) is 0 Å². The molecule has 0 unspecified atom stereocenters. The van der Waals surface area contributed by atoms with Crippen LogP contribution < -0.4 is 10.6 Å². The van der Waals surface area contributed by atoms with Gasteiger partial charge in [0, 0.05) is 36.2 Å². The molecule has 41 heavy (non-hydrogen) atoms. The Bertz CT molecular complexity index is 1660. The van der Waals surface area contributed by atoms with Crippen LogP contribution in [-0.2, 0) is 13.0 Å². The van der Waals surface area contributed by atoms with E-state index in [0.29, 0.717) is 24.3 Å². The van der Waals surface area contributed by atoms with E-state index in [1.165, 1.54) is 5.56 Å². The molecule has 7 nitrogen and oxygen atoms in total. The Labute approximate surface area is 239 Å². The standard InChI is InChI=1S/C34H31N5O2/c1-24-20-31(34(41)38(27-14-4-2-5-15-27)28-16-6-3-7-17-28)36-39(24)32-19-11-10-18-30(32)33(40)37-23-26-13-9-8-12-25(26)21-29(37)22-35/h2-20,29H,21-23,35H2,1H3/t29-/m0/s1. The van der Waals surface area contributed by atoms with Gasteiger partial charge in [-0.2, -0.15) is 5.10 Å². The number of fused-ring (bicyclic) bond motifs is 1. The molecule has 5 aromatic rings. The summed E-state index contributed by atoms with van der Waals surface area (Å²) in [5.74, 6) is -0.368. The topological polar surface area (TPSA) is 84.5 Å². The van der Waals surface area contributed by atoms with Crippen molar-refractivity contribution < 1.29 is 9.59 Å². The largest absolute Gasteiger partial charge is 0.330 e. The van der Waals surface area contributed by atoms with Gasteiger partial charge in [0.15, 0.2) is 5.69 Å². The summed E-state index contributed by atoms with van der Waals surface area (Å²) in [6.45, 7) is 2.76. The molecule has 7 heteroatoms. The maximum Gasteiger partial charge on any atom is 0.283 e. The van der Waals surface area contributed by atoms with Crippen molar-refractivity contribution in [3.8, 4) is 5.69 Å². The van der Waals surface area contributed by atoms with Gasteiger partial charge in [0.05, 0.1) is 11.3 Å². The third-order valence-corrected chi connectivity index (χ3v) is 7.59. The Morgan fingerprint density at radius 3 is 2.07 bits per heavy atom. The van der Waals surface area contributed by atoms with E-state index in [2.05, 4.69) is 12.1 Å². The molecule has 0 saturated carbocycles. The molecular formula is C34H31N5O2. The maximum absolute atomic E-state index is 14.1. The van der Waals surface area contributed by atoms with Crippen LogP contribution in [0, 0.1) is 6.92 Å². The lowest BCUT2D eigenvalue weighted by Crippen LogP contribution is -2.48. The number of benzene rings is 4. The average molecular weight is 542 g/mol. The first-order valence-corrected chi connectivity index (χ1v) is 13.7. The van der Waals surface area contributed by atoms with E-state index >= 15 is 0 Å². The molecule has 204 valence electrons. The summed E-state index contributed by atoms with van der Waals surface area (Å²) in [6, 6.07) is 36.3. The van der Waals surface area contributed by atoms with Crippen molar-refractivity contribution in [2.75, 3.05) is 11.4 Å². The molecule has 2 heterocycles. The van der Waals surface area contributed by atoms with E-state index in [9.17, 15) is 9.59 Å². The van der Waals surface area contributed by atoms with Crippen LogP contribution in [-0.4, -0.2) is 39.1 Å². The Balaban J connectivity index is 1.36. The first kappa shape index (κ1) is 26.2. The van der Waals surface area contributed by atoms with Gasteiger partial charge in [-0.05, 0) is 66.9 Å². The van der Waals surface area contributed by atoms with Crippen LogP contribution in [0.4, 0.5) is 11.4 Å². The summed E-state index contributed by atoms with van der Waals surface area (Å²) in [6.07, 6.45) is 0.717. The number of para-hydroxylation sites is 3. The number of anilines is 2. The molecule has 0 fully saturated rings. The molecule has 1 aliphatic heterocycles. The van der Waals surface area contributed by atoms with Crippen molar-refractivity contribution in [2.45, 2.75) is 25.9 Å². The molecule has 0 radical (unpaired) electrons. The number of nitrogens with zero attached hydrogens (tertiary/aromatic N) is 4. The van der Waals surface area contributed by atoms with Crippen LogP contribution >= 0.6 is 0 Å². The van der Waals surface area contributed by atoms with Crippen molar-refractivity contribution in [3.05, 3.63) is 143 Å². The van der Waals surface area contributed by atoms with Gasteiger partial charge < -0.3 is 10.6 Å². The number of hydrogen-bond acceptors (Lipinski definition) is 4. The first-order valence-electron chi connectivity index (χ1n) is 13.7. The second-order valence-corrected chi connectivity index (χ2v) is 10.2.